The third-order valence-corrected chi connectivity index (χ3v) is 4.61. The molecule has 5 nitrogen and oxygen atoms in total. The summed E-state index contributed by atoms with van der Waals surface area (Å²) in [7, 11) is -3.89. The van der Waals surface area contributed by atoms with Crippen LogP contribution in [-0.4, -0.2) is 13.4 Å². The van der Waals surface area contributed by atoms with Crippen LogP contribution in [0.15, 0.2) is 35.4 Å². The van der Waals surface area contributed by atoms with Gasteiger partial charge in [0.25, 0.3) is 10.0 Å². The maximum absolute atomic E-state index is 12.3. The van der Waals surface area contributed by atoms with E-state index in [2.05, 4.69) is 9.71 Å². The molecule has 1 aromatic heterocycles. The number of nitrogens with two attached hydrogens (primary N) is 1. The molecule has 0 saturated carbocycles. The average Bonchev–Trinajstić information content (AvgIpc) is 2.36. The van der Waals surface area contributed by atoms with Crippen molar-refractivity contribution in [1.29, 1.82) is 0 Å². The summed E-state index contributed by atoms with van der Waals surface area (Å²) in [4.78, 5) is 3.76. The number of benzene rings is 1. The molecule has 0 spiro atoms. The topological polar surface area (TPSA) is 85.1 Å². The molecule has 2 rings (SSSR count). The molecule has 0 aliphatic carbocycles. The minimum Gasteiger partial charge on any atom is -0.399 e. The maximum Gasteiger partial charge on any atom is 0.263 e. The van der Waals surface area contributed by atoms with E-state index in [9.17, 15) is 8.42 Å². The Morgan fingerprint density at radius 3 is 2.65 bits per heavy atom. The van der Waals surface area contributed by atoms with Gasteiger partial charge in [-0.25, -0.2) is 13.4 Å². The molecule has 0 unspecified atom stereocenters. The van der Waals surface area contributed by atoms with Crippen molar-refractivity contribution >= 4 is 44.6 Å². The number of nitrogen functional groups attached to an aromatic ring is 1. The molecule has 3 N–H and O–H groups in total. The molecular weight excluding hydrogens is 321 g/mol. The number of hydrogen-bond donors (Lipinski definition) is 2. The molecule has 20 heavy (non-hydrogen) atoms. The quantitative estimate of drug-likeness (QED) is 0.668. The smallest absolute Gasteiger partial charge is 0.263 e. The lowest BCUT2D eigenvalue weighted by Crippen LogP contribution is -2.14. The predicted molar refractivity (Wildman–Crippen MR) is 80.7 cm³/mol. The first-order valence-electron chi connectivity index (χ1n) is 5.49. The molecule has 0 fully saturated rings. The second-order valence-electron chi connectivity index (χ2n) is 4.15. The predicted octanol–water partition coefficient (Wildman–Crippen LogP) is 3.08. The van der Waals surface area contributed by atoms with Crippen molar-refractivity contribution in [1.82, 2.24) is 4.98 Å². The van der Waals surface area contributed by atoms with Crippen LogP contribution in [0.4, 0.5) is 11.4 Å². The molecule has 8 heteroatoms. The lowest BCUT2D eigenvalue weighted by atomic mass is 10.3. The minimum absolute atomic E-state index is 0.0548. The number of halogens is 2. The first-order chi connectivity index (χ1) is 9.29. The van der Waals surface area contributed by atoms with E-state index in [1.165, 1.54) is 24.4 Å². The molecule has 1 aromatic carbocycles. The molecule has 0 amide bonds. The van der Waals surface area contributed by atoms with Crippen LogP contribution in [0.1, 0.15) is 5.56 Å². The Hall–Kier alpha value is -1.50. The summed E-state index contributed by atoms with van der Waals surface area (Å²) in [5, 5.41) is 0.127. The van der Waals surface area contributed by atoms with Crippen molar-refractivity contribution in [3.63, 3.8) is 0 Å². The highest BCUT2D eigenvalue weighted by Crippen LogP contribution is 2.28. The Morgan fingerprint density at radius 1 is 1.25 bits per heavy atom. The highest BCUT2D eigenvalue weighted by atomic mass is 35.5. The van der Waals surface area contributed by atoms with Gasteiger partial charge in [-0.1, -0.05) is 23.2 Å². The van der Waals surface area contributed by atoms with Crippen LogP contribution in [0, 0.1) is 6.92 Å². The van der Waals surface area contributed by atoms with Gasteiger partial charge < -0.3 is 5.73 Å². The molecule has 1 heterocycles. The summed E-state index contributed by atoms with van der Waals surface area (Å²) in [5.74, 6) is 0. The Balaban J connectivity index is 2.46. The summed E-state index contributed by atoms with van der Waals surface area (Å²) in [5.41, 5.74) is 6.83. The van der Waals surface area contributed by atoms with Crippen LogP contribution >= 0.6 is 23.2 Å². The SMILES string of the molecule is Cc1cnc(Cl)c(NS(=O)(=O)c2cc(N)ccc2Cl)c1. The van der Waals surface area contributed by atoms with Crippen molar-refractivity contribution in [3.05, 3.63) is 46.2 Å². The highest BCUT2D eigenvalue weighted by molar-refractivity contribution is 7.92. The van der Waals surface area contributed by atoms with E-state index >= 15 is 0 Å². The normalized spacial score (nSPS) is 11.3. The number of aryl methyl sites for hydroxylation is 1. The van der Waals surface area contributed by atoms with Gasteiger partial charge in [0, 0.05) is 11.9 Å². The van der Waals surface area contributed by atoms with Gasteiger partial charge in [0.1, 0.15) is 4.90 Å². The van der Waals surface area contributed by atoms with Crippen LogP contribution in [-0.2, 0) is 10.0 Å². The number of hydrogen-bond acceptors (Lipinski definition) is 4. The zero-order chi connectivity index (χ0) is 14.9. The Labute approximate surface area is 126 Å². The number of nitrogens with zero attached hydrogens (tertiary/aromatic N) is 1. The van der Waals surface area contributed by atoms with Gasteiger partial charge in [-0.05, 0) is 36.8 Å². The van der Waals surface area contributed by atoms with E-state index in [0.29, 0.717) is 5.69 Å². The minimum atomic E-state index is -3.89. The van der Waals surface area contributed by atoms with Crippen molar-refractivity contribution in [2.45, 2.75) is 11.8 Å². The third-order valence-electron chi connectivity index (χ3n) is 2.46. The number of sulfonamides is 1. The first-order valence-corrected chi connectivity index (χ1v) is 7.73. The fourth-order valence-electron chi connectivity index (χ4n) is 1.55. The second kappa shape index (κ2) is 5.47. The summed E-state index contributed by atoms with van der Waals surface area (Å²) >= 11 is 11.8. The Kier molecular flexibility index (Phi) is 4.08. The number of pyridine rings is 1. The van der Waals surface area contributed by atoms with Crippen molar-refractivity contribution in [2.24, 2.45) is 0 Å². The van der Waals surface area contributed by atoms with E-state index in [-0.39, 0.29) is 20.8 Å². The number of aromatic nitrogens is 1. The van der Waals surface area contributed by atoms with Gasteiger partial charge in [0.05, 0.1) is 10.7 Å². The monoisotopic (exact) mass is 331 g/mol. The summed E-state index contributed by atoms with van der Waals surface area (Å²) in [6, 6.07) is 5.79. The van der Waals surface area contributed by atoms with Crippen LogP contribution in [0.5, 0.6) is 0 Å². The zero-order valence-corrected chi connectivity index (χ0v) is 12.7. The maximum atomic E-state index is 12.3. The number of anilines is 2. The van der Waals surface area contributed by atoms with Gasteiger partial charge in [0.15, 0.2) is 5.15 Å². The number of nitrogens with one attached hydrogen (secondary N) is 1. The molecular formula is C12H11Cl2N3O2S. The average molecular weight is 332 g/mol. The molecule has 106 valence electrons. The lowest BCUT2D eigenvalue weighted by molar-refractivity contribution is 0.601. The van der Waals surface area contributed by atoms with Gasteiger partial charge in [0.2, 0.25) is 0 Å². The Bertz CT molecular complexity index is 763. The largest absolute Gasteiger partial charge is 0.399 e. The van der Waals surface area contributed by atoms with E-state index in [1.54, 1.807) is 13.0 Å². The van der Waals surface area contributed by atoms with E-state index < -0.39 is 10.0 Å². The standard InChI is InChI=1S/C12H11Cl2N3O2S/c1-7-4-10(12(14)16-6-7)17-20(18,19)11-5-8(15)2-3-9(11)13/h2-6,17H,15H2,1H3. The van der Waals surface area contributed by atoms with Crippen LogP contribution in [0.3, 0.4) is 0 Å². The van der Waals surface area contributed by atoms with E-state index in [4.69, 9.17) is 28.9 Å². The lowest BCUT2D eigenvalue weighted by Gasteiger charge is -2.11. The molecule has 0 aliphatic heterocycles. The van der Waals surface area contributed by atoms with Crippen molar-refractivity contribution in [2.75, 3.05) is 10.5 Å². The van der Waals surface area contributed by atoms with Gasteiger partial charge >= 0.3 is 0 Å². The van der Waals surface area contributed by atoms with Crippen LogP contribution in [0.25, 0.3) is 0 Å². The van der Waals surface area contributed by atoms with Crippen LogP contribution in [0.2, 0.25) is 10.2 Å². The molecule has 0 bridgehead atoms. The van der Waals surface area contributed by atoms with Crippen LogP contribution < -0.4 is 10.5 Å². The molecule has 0 radical (unpaired) electrons. The molecule has 0 saturated heterocycles. The van der Waals surface area contributed by atoms with E-state index in [1.807, 2.05) is 0 Å². The van der Waals surface area contributed by atoms with Gasteiger partial charge in [-0.3, -0.25) is 4.72 Å². The summed E-state index contributed by atoms with van der Waals surface area (Å²) in [6.45, 7) is 1.77. The zero-order valence-electron chi connectivity index (χ0n) is 10.4. The van der Waals surface area contributed by atoms with Gasteiger partial charge in [-0.15, -0.1) is 0 Å². The summed E-state index contributed by atoms with van der Waals surface area (Å²) < 4.78 is 27.0. The third kappa shape index (κ3) is 3.15. The fourth-order valence-corrected chi connectivity index (χ4v) is 3.35. The first kappa shape index (κ1) is 14.9. The second-order valence-corrected chi connectivity index (χ2v) is 6.56. The fraction of sp³-hybridized carbons (Fsp3) is 0.0833. The van der Waals surface area contributed by atoms with Gasteiger partial charge in [-0.2, -0.15) is 0 Å². The van der Waals surface area contributed by atoms with Crippen molar-refractivity contribution in [3.8, 4) is 0 Å². The number of rotatable bonds is 3. The molecule has 0 aliphatic rings. The van der Waals surface area contributed by atoms with Crippen molar-refractivity contribution < 1.29 is 8.42 Å². The highest BCUT2D eigenvalue weighted by Gasteiger charge is 2.20. The summed E-state index contributed by atoms with van der Waals surface area (Å²) in [6.07, 6.45) is 1.54. The molecule has 2 aromatic rings. The Morgan fingerprint density at radius 2 is 1.95 bits per heavy atom. The molecule has 0 atom stereocenters. The van der Waals surface area contributed by atoms with E-state index in [0.717, 1.165) is 5.56 Å².